The molecule has 0 amide bonds. The van der Waals surface area contributed by atoms with Crippen LogP contribution in [0.2, 0.25) is 0 Å². The van der Waals surface area contributed by atoms with Crippen LogP contribution in [0.4, 0.5) is 0 Å². The molecule has 0 aliphatic rings. The van der Waals surface area contributed by atoms with Crippen molar-refractivity contribution in [3.05, 3.63) is 5.62 Å². The largest absolute Gasteiger partial charge is 0.304 e. The van der Waals surface area contributed by atoms with Gasteiger partial charge in [-0.2, -0.15) is 0 Å². The van der Waals surface area contributed by atoms with Gasteiger partial charge in [-0.25, -0.2) is 0 Å². The molecule has 0 saturated carbocycles. The Labute approximate surface area is 122 Å². The second-order valence-corrected chi connectivity index (χ2v) is 13.6. The first-order valence-electron chi connectivity index (χ1n) is 5.65. The third kappa shape index (κ3) is 3.23. The van der Waals surface area contributed by atoms with Crippen LogP contribution >= 0.6 is 18.9 Å². The quantitative estimate of drug-likeness (QED) is 0.318. The molecule has 0 aromatic rings. The molecule has 0 spiro atoms. The molecule has 3 heteroatoms. The van der Waals surface area contributed by atoms with E-state index in [2.05, 4.69) is 62.3 Å². The van der Waals surface area contributed by atoms with Crippen LogP contribution in [0.1, 0.15) is 62.3 Å². The zero-order valence-electron chi connectivity index (χ0n) is 12.2. The van der Waals surface area contributed by atoms with Crippen LogP contribution in [0.25, 0.3) is 0 Å². The van der Waals surface area contributed by atoms with Crippen LogP contribution in [0, 0.1) is 5.62 Å². The zero-order chi connectivity index (χ0) is 12.7. The van der Waals surface area contributed by atoms with Crippen LogP contribution in [0.15, 0.2) is 0 Å². The van der Waals surface area contributed by atoms with Gasteiger partial charge in [0.15, 0.2) is 0 Å². The summed E-state index contributed by atoms with van der Waals surface area (Å²) >= 11 is 6.30. The Morgan fingerprint density at radius 2 is 0.875 bits per heavy atom. The van der Waals surface area contributed by atoms with Crippen molar-refractivity contribution in [1.29, 1.82) is 0 Å². The van der Waals surface area contributed by atoms with Crippen molar-refractivity contribution in [3.63, 3.8) is 0 Å². The molecule has 16 heavy (non-hydrogen) atoms. The smallest absolute Gasteiger partial charge is 0.0472 e. The molecule has 0 nitrogen and oxygen atoms in total. The molecular weight excluding hydrogens is 329 g/mol. The first-order chi connectivity index (χ1) is 6.31. The molecule has 0 atom stereocenters. The van der Waals surface area contributed by atoms with Gasteiger partial charge in [0.25, 0.3) is 0 Å². The van der Waals surface area contributed by atoms with E-state index in [-0.39, 0.29) is 35.9 Å². The van der Waals surface area contributed by atoms with Crippen LogP contribution in [-0.2, 0) is 20.4 Å². The van der Waals surface area contributed by atoms with Gasteiger partial charge in [0.05, 0.1) is 0 Å². The average Bonchev–Trinajstić information content (AvgIpc) is 1.76. The SMILES string of the molecule is CC(C)(C)[P+]([CH-]Cl)(C(C)(C)C)C(C)(C)C.[Pd]. The van der Waals surface area contributed by atoms with Crippen LogP contribution in [0.5, 0.6) is 0 Å². The molecule has 0 N–H and O–H groups in total. The third-order valence-corrected chi connectivity index (χ3v) is 10.8. The molecule has 0 saturated heterocycles. The van der Waals surface area contributed by atoms with Crippen molar-refractivity contribution in [2.24, 2.45) is 0 Å². The summed E-state index contributed by atoms with van der Waals surface area (Å²) in [5.41, 5.74) is 2.02. The van der Waals surface area contributed by atoms with Crippen molar-refractivity contribution in [2.45, 2.75) is 77.8 Å². The number of rotatable bonds is 1. The Balaban J connectivity index is 0. The van der Waals surface area contributed by atoms with E-state index in [4.69, 9.17) is 11.6 Å². The Kier molecular flexibility index (Phi) is 6.86. The van der Waals surface area contributed by atoms with Gasteiger partial charge in [-0.05, 0) is 62.3 Å². The van der Waals surface area contributed by atoms with Crippen LogP contribution < -0.4 is 0 Å². The molecule has 0 aliphatic carbocycles. The van der Waals surface area contributed by atoms with Crippen molar-refractivity contribution in [3.8, 4) is 0 Å². The summed E-state index contributed by atoms with van der Waals surface area (Å²) in [5.74, 6) is 0. The predicted molar refractivity (Wildman–Crippen MR) is 76.3 cm³/mol. The topological polar surface area (TPSA) is 0 Å². The first-order valence-corrected chi connectivity index (χ1v) is 7.94. The van der Waals surface area contributed by atoms with E-state index in [9.17, 15) is 0 Å². The monoisotopic (exact) mass is 356 g/mol. The summed E-state index contributed by atoms with van der Waals surface area (Å²) in [5, 5.41) is 0.766. The van der Waals surface area contributed by atoms with Crippen LogP contribution in [0.3, 0.4) is 0 Å². The van der Waals surface area contributed by atoms with Gasteiger partial charge in [0.2, 0.25) is 0 Å². The second-order valence-electron chi connectivity index (χ2n) is 7.33. The molecule has 102 valence electrons. The molecule has 0 radical (unpaired) electrons. The zero-order valence-corrected chi connectivity index (χ0v) is 15.4. The van der Waals surface area contributed by atoms with Gasteiger partial charge >= 0.3 is 0 Å². The van der Waals surface area contributed by atoms with E-state index in [1.165, 1.54) is 0 Å². The summed E-state index contributed by atoms with van der Waals surface area (Å²) in [7, 11) is -1.39. The van der Waals surface area contributed by atoms with E-state index in [0.717, 1.165) is 0 Å². The molecule has 0 rings (SSSR count). The van der Waals surface area contributed by atoms with Crippen LogP contribution in [-0.4, -0.2) is 15.5 Å². The molecule has 0 heterocycles. The molecule has 0 aromatic heterocycles. The van der Waals surface area contributed by atoms with Gasteiger partial charge < -0.3 is 11.6 Å². The molecule has 0 bridgehead atoms. The normalized spacial score (nSPS) is 14.6. The van der Waals surface area contributed by atoms with Gasteiger partial charge in [0.1, 0.15) is 0 Å². The number of halogens is 1. The van der Waals surface area contributed by atoms with E-state index in [1.807, 2.05) is 5.62 Å². The third-order valence-electron chi connectivity index (χ3n) is 3.32. The standard InChI is InChI=1S/C13H28ClP.Pd/c1-11(2,3)15(10-14,12(4,5)6)13(7,8)9;/h10H,1-9H3;. The maximum Gasteiger partial charge on any atom is 0.0472 e. The minimum atomic E-state index is -1.39. The summed E-state index contributed by atoms with van der Waals surface area (Å²) in [4.78, 5) is 0. The fraction of sp³-hybridized carbons (Fsp3) is 0.923. The predicted octanol–water partition coefficient (Wildman–Crippen LogP) is 5.76. The molecular formula is C13H28ClPPd. The molecule has 0 unspecified atom stereocenters. The summed E-state index contributed by atoms with van der Waals surface area (Å²) < 4.78 is 0. The molecule has 0 fully saturated rings. The van der Waals surface area contributed by atoms with Crippen molar-refractivity contribution >= 4 is 18.9 Å². The van der Waals surface area contributed by atoms with Gasteiger partial charge in [-0.15, -0.1) is 0 Å². The number of hydrogen-bond acceptors (Lipinski definition) is 0. The van der Waals surface area contributed by atoms with Gasteiger partial charge in [-0.1, -0.05) is 12.9 Å². The van der Waals surface area contributed by atoms with E-state index < -0.39 is 7.26 Å². The Hall–Kier alpha value is 1.38. The summed E-state index contributed by atoms with van der Waals surface area (Å²) in [6.07, 6.45) is 0. The van der Waals surface area contributed by atoms with Crippen molar-refractivity contribution in [2.75, 3.05) is 0 Å². The average molecular weight is 357 g/mol. The molecule has 0 aliphatic heterocycles. The molecule has 0 aromatic carbocycles. The van der Waals surface area contributed by atoms with Gasteiger partial charge in [-0.3, -0.25) is 0 Å². The Morgan fingerprint density at radius 3 is 0.875 bits per heavy atom. The number of hydrogen-bond donors (Lipinski definition) is 0. The maximum atomic E-state index is 6.30. The Bertz CT molecular complexity index is 182. The summed E-state index contributed by atoms with van der Waals surface area (Å²) in [6, 6.07) is 0. The fourth-order valence-electron chi connectivity index (χ4n) is 3.46. The van der Waals surface area contributed by atoms with E-state index >= 15 is 0 Å². The van der Waals surface area contributed by atoms with Gasteiger partial charge in [0, 0.05) is 35.9 Å². The minimum absolute atomic E-state index is 0. The summed E-state index contributed by atoms with van der Waals surface area (Å²) in [6.45, 7) is 21.0. The minimum Gasteiger partial charge on any atom is -0.304 e. The second kappa shape index (κ2) is 5.57. The van der Waals surface area contributed by atoms with E-state index in [0.29, 0.717) is 0 Å². The fourth-order valence-corrected chi connectivity index (χ4v) is 13.0. The Morgan fingerprint density at radius 1 is 0.688 bits per heavy atom. The van der Waals surface area contributed by atoms with Crippen molar-refractivity contribution in [1.82, 2.24) is 0 Å². The maximum absolute atomic E-state index is 6.30. The van der Waals surface area contributed by atoms with E-state index in [1.54, 1.807) is 0 Å². The van der Waals surface area contributed by atoms with Crippen molar-refractivity contribution < 1.29 is 20.4 Å². The first kappa shape index (κ1) is 19.7.